The van der Waals surface area contributed by atoms with Crippen LogP contribution in [0.4, 0.5) is 10.1 Å². The van der Waals surface area contributed by atoms with Gasteiger partial charge >= 0.3 is 0 Å². The molecule has 1 amide bonds. The maximum Gasteiger partial charge on any atom is 0.278 e. The van der Waals surface area contributed by atoms with Crippen LogP contribution in [0.3, 0.4) is 0 Å². The van der Waals surface area contributed by atoms with Crippen molar-refractivity contribution in [3.8, 4) is 0 Å². The molecule has 35 heavy (non-hydrogen) atoms. The van der Waals surface area contributed by atoms with Gasteiger partial charge in [-0.3, -0.25) is 14.2 Å². The van der Waals surface area contributed by atoms with Crippen molar-refractivity contribution in [3.05, 3.63) is 105 Å². The molecule has 0 aliphatic carbocycles. The van der Waals surface area contributed by atoms with Crippen LogP contribution in [0.25, 0.3) is 21.9 Å². The van der Waals surface area contributed by atoms with E-state index in [9.17, 15) is 14.0 Å². The van der Waals surface area contributed by atoms with Crippen LogP contribution in [0, 0.1) is 26.6 Å². The highest BCUT2D eigenvalue weighted by atomic mass is 19.1. The second-order valence-electron chi connectivity index (χ2n) is 8.93. The molecule has 0 saturated carbocycles. The van der Waals surface area contributed by atoms with E-state index in [0.717, 1.165) is 27.9 Å². The molecule has 0 spiro atoms. The van der Waals surface area contributed by atoms with Gasteiger partial charge in [0.15, 0.2) is 0 Å². The van der Waals surface area contributed by atoms with Gasteiger partial charge < -0.3 is 9.88 Å². The number of nitrogens with zero attached hydrogens (tertiary/aromatic N) is 3. The summed E-state index contributed by atoms with van der Waals surface area (Å²) in [6.07, 6.45) is 1.48. The summed E-state index contributed by atoms with van der Waals surface area (Å²) in [6.45, 7) is 6.14. The third-order valence-corrected chi connectivity index (χ3v) is 6.23. The minimum Gasteiger partial charge on any atom is -0.325 e. The molecular formula is C28H25FN4O2. The number of carbonyl (C=O) groups excluding carboxylic acids is 1. The molecule has 176 valence electrons. The number of aryl methyl sites for hydroxylation is 3. The molecule has 0 aliphatic rings. The van der Waals surface area contributed by atoms with E-state index in [1.807, 2.05) is 63.2 Å². The van der Waals surface area contributed by atoms with Crippen molar-refractivity contribution in [1.29, 1.82) is 0 Å². The van der Waals surface area contributed by atoms with Crippen LogP contribution in [0.5, 0.6) is 0 Å². The fourth-order valence-electron chi connectivity index (χ4n) is 4.73. The van der Waals surface area contributed by atoms with E-state index < -0.39 is 5.82 Å². The van der Waals surface area contributed by atoms with Crippen molar-refractivity contribution in [2.45, 2.75) is 33.9 Å². The van der Waals surface area contributed by atoms with Crippen LogP contribution < -0.4 is 10.9 Å². The smallest absolute Gasteiger partial charge is 0.278 e. The summed E-state index contributed by atoms with van der Waals surface area (Å²) in [5.74, 6) is -0.705. The third-order valence-electron chi connectivity index (χ3n) is 6.23. The van der Waals surface area contributed by atoms with E-state index in [1.165, 1.54) is 23.0 Å². The Morgan fingerprint density at radius 3 is 2.43 bits per heavy atom. The fraction of sp³-hybridized carbons (Fsp3) is 0.179. The van der Waals surface area contributed by atoms with E-state index in [4.69, 9.17) is 0 Å². The molecule has 5 rings (SSSR count). The zero-order chi connectivity index (χ0) is 24.7. The Labute approximate surface area is 201 Å². The average Bonchev–Trinajstić information content (AvgIpc) is 3.12. The van der Waals surface area contributed by atoms with Crippen molar-refractivity contribution < 1.29 is 9.18 Å². The van der Waals surface area contributed by atoms with Gasteiger partial charge in [0.25, 0.3) is 5.56 Å². The van der Waals surface area contributed by atoms with Gasteiger partial charge in [0, 0.05) is 11.1 Å². The van der Waals surface area contributed by atoms with Gasteiger partial charge in [-0.15, -0.1) is 0 Å². The lowest BCUT2D eigenvalue weighted by atomic mass is 10.1. The van der Waals surface area contributed by atoms with Crippen molar-refractivity contribution in [3.63, 3.8) is 0 Å². The molecule has 0 fully saturated rings. The number of nitrogens with one attached hydrogen (secondary N) is 1. The molecule has 0 atom stereocenters. The van der Waals surface area contributed by atoms with Crippen molar-refractivity contribution in [2.24, 2.45) is 0 Å². The zero-order valence-electron chi connectivity index (χ0n) is 19.8. The number of hydrogen-bond acceptors (Lipinski definition) is 3. The fourth-order valence-corrected chi connectivity index (χ4v) is 4.73. The van der Waals surface area contributed by atoms with E-state index in [0.29, 0.717) is 23.0 Å². The van der Waals surface area contributed by atoms with Crippen LogP contribution in [0.2, 0.25) is 0 Å². The number of halogens is 1. The van der Waals surface area contributed by atoms with Crippen LogP contribution in [0.15, 0.2) is 71.8 Å². The third kappa shape index (κ3) is 4.21. The predicted molar refractivity (Wildman–Crippen MR) is 136 cm³/mol. The Morgan fingerprint density at radius 2 is 1.71 bits per heavy atom. The molecule has 0 radical (unpaired) electrons. The van der Waals surface area contributed by atoms with Gasteiger partial charge in [-0.05, 0) is 55.7 Å². The second kappa shape index (κ2) is 8.83. The lowest BCUT2D eigenvalue weighted by Gasteiger charge is -2.14. The quantitative estimate of drug-likeness (QED) is 0.390. The van der Waals surface area contributed by atoms with Crippen molar-refractivity contribution in [1.82, 2.24) is 14.1 Å². The highest BCUT2D eigenvalue weighted by molar-refractivity contribution is 6.06. The molecule has 0 saturated heterocycles. The predicted octanol–water partition coefficient (Wildman–Crippen LogP) is 5.10. The number of carbonyl (C=O) groups is 1. The lowest BCUT2D eigenvalue weighted by Crippen LogP contribution is -2.25. The highest BCUT2D eigenvalue weighted by Crippen LogP contribution is 2.27. The maximum absolute atomic E-state index is 14.1. The Bertz CT molecular complexity index is 1630. The van der Waals surface area contributed by atoms with Crippen LogP contribution in [-0.4, -0.2) is 20.0 Å². The molecule has 3 aromatic carbocycles. The number of hydrogen-bond donors (Lipinski definition) is 1. The van der Waals surface area contributed by atoms with Gasteiger partial charge in [-0.1, -0.05) is 48.0 Å². The average molecular weight is 469 g/mol. The van der Waals surface area contributed by atoms with Crippen LogP contribution in [-0.2, 0) is 17.9 Å². The Hall–Kier alpha value is -4.26. The van der Waals surface area contributed by atoms with Gasteiger partial charge in [0.1, 0.15) is 23.4 Å². The summed E-state index contributed by atoms with van der Waals surface area (Å²) < 4.78 is 17.3. The number of amides is 1. The summed E-state index contributed by atoms with van der Waals surface area (Å²) in [5.41, 5.74) is 5.70. The molecule has 1 N–H and O–H groups in total. The Balaban J connectivity index is 1.61. The number of fused-ring (bicyclic) bond motifs is 3. The largest absolute Gasteiger partial charge is 0.325 e. The highest BCUT2D eigenvalue weighted by Gasteiger charge is 2.20. The number of anilines is 1. The molecule has 5 aromatic rings. The molecule has 2 heterocycles. The zero-order valence-corrected chi connectivity index (χ0v) is 19.8. The molecule has 7 heteroatoms. The lowest BCUT2D eigenvalue weighted by molar-refractivity contribution is -0.116. The SMILES string of the molecule is Cc1cc(C)c(NC(=O)Cn2c3ccc(F)cc3c3ncn(Cc4ccccc4)c(=O)c32)c(C)c1. The minimum absolute atomic E-state index is 0.106. The number of benzene rings is 3. The van der Waals surface area contributed by atoms with Gasteiger partial charge in [-0.2, -0.15) is 0 Å². The van der Waals surface area contributed by atoms with E-state index >= 15 is 0 Å². The van der Waals surface area contributed by atoms with Gasteiger partial charge in [0.05, 0.1) is 18.4 Å². The second-order valence-corrected chi connectivity index (χ2v) is 8.93. The minimum atomic E-state index is -0.429. The molecular weight excluding hydrogens is 443 g/mol. The Morgan fingerprint density at radius 1 is 1.00 bits per heavy atom. The number of rotatable bonds is 5. The summed E-state index contributed by atoms with van der Waals surface area (Å²) in [7, 11) is 0. The van der Waals surface area contributed by atoms with Crippen LogP contribution >= 0.6 is 0 Å². The molecule has 6 nitrogen and oxygen atoms in total. The first-order chi connectivity index (χ1) is 16.8. The summed E-state index contributed by atoms with van der Waals surface area (Å²) >= 11 is 0. The number of aromatic nitrogens is 3. The van der Waals surface area contributed by atoms with E-state index in [1.54, 1.807) is 10.6 Å². The summed E-state index contributed by atoms with van der Waals surface area (Å²) in [5, 5.41) is 3.50. The van der Waals surface area contributed by atoms with Gasteiger partial charge in [0.2, 0.25) is 5.91 Å². The molecule has 0 aliphatic heterocycles. The first-order valence-corrected chi connectivity index (χ1v) is 11.4. The molecule has 0 bridgehead atoms. The van der Waals surface area contributed by atoms with Crippen molar-refractivity contribution >= 4 is 33.5 Å². The van der Waals surface area contributed by atoms with Gasteiger partial charge in [-0.25, -0.2) is 9.37 Å². The topological polar surface area (TPSA) is 68.9 Å². The van der Waals surface area contributed by atoms with E-state index in [2.05, 4.69) is 10.3 Å². The normalized spacial score (nSPS) is 11.3. The first kappa shape index (κ1) is 22.5. The Kier molecular flexibility index (Phi) is 5.68. The monoisotopic (exact) mass is 468 g/mol. The molecule has 2 aromatic heterocycles. The maximum atomic E-state index is 14.1. The first-order valence-electron chi connectivity index (χ1n) is 11.4. The van der Waals surface area contributed by atoms with E-state index in [-0.39, 0.29) is 23.5 Å². The van der Waals surface area contributed by atoms with Crippen LogP contribution in [0.1, 0.15) is 22.3 Å². The standard InChI is InChI=1S/C28H25FN4O2/c1-17-11-18(2)25(19(3)12-17)31-24(34)15-33-23-10-9-21(29)13-22(23)26-27(33)28(35)32(16-30-26)14-20-7-5-4-6-8-20/h4-13,16H,14-15H2,1-3H3,(H,31,34). The summed E-state index contributed by atoms with van der Waals surface area (Å²) in [6, 6.07) is 17.9. The van der Waals surface area contributed by atoms with Crippen molar-refractivity contribution in [2.75, 3.05) is 5.32 Å². The summed E-state index contributed by atoms with van der Waals surface area (Å²) in [4.78, 5) is 31.2. The molecule has 0 unspecified atom stereocenters.